The van der Waals surface area contributed by atoms with Gasteiger partial charge in [-0.3, -0.25) is 14.2 Å². The molecule has 30 heavy (non-hydrogen) atoms. The fourth-order valence-corrected chi connectivity index (χ4v) is 4.35. The van der Waals surface area contributed by atoms with Crippen molar-refractivity contribution in [2.45, 2.75) is 65.5 Å². The molecule has 1 saturated heterocycles. The number of benzene rings is 1. The van der Waals surface area contributed by atoms with Gasteiger partial charge in [0.05, 0.1) is 11.9 Å². The van der Waals surface area contributed by atoms with Crippen LogP contribution in [0.25, 0.3) is 16.7 Å². The molecule has 0 saturated carbocycles. The first-order chi connectivity index (χ1) is 14.5. The maximum absolute atomic E-state index is 13.1. The standard InChI is InChI=1S/C23H29N5O2/c1-4-18-7-5-6-13-27(18)21(29)12-14-26-17(3)25-22-20(23(26)30)15-24-28(22)19-10-8-16(2)9-11-19/h8-11,15,18H,4-7,12-14H2,1-3H3. The summed E-state index contributed by atoms with van der Waals surface area (Å²) in [7, 11) is 0. The number of aryl methyl sites for hydroxylation is 2. The Balaban J connectivity index is 1.59. The van der Waals surface area contributed by atoms with Crippen molar-refractivity contribution in [3.05, 3.63) is 52.2 Å². The van der Waals surface area contributed by atoms with Crippen molar-refractivity contribution in [3.8, 4) is 5.69 Å². The van der Waals surface area contributed by atoms with E-state index in [1.807, 2.05) is 43.0 Å². The quantitative estimate of drug-likeness (QED) is 0.650. The maximum Gasteiger partial charge on any atom is 0.264 e. The lowest BCUT2D eigenvalue weighted by atomic mass is 9.99. The smallest absolute Gasteiger partial charge is 0.264 e. The number of carbonyl (C=O) groups is 1. The van der Waals surface area contributed by atoms with Gasteiger partial charge in [-0.25, -0.2) is 9.67 Å². The van der Waals surface area contributed by atoms with E-state index in [4.69, 9.17) is 0 Å². The van der Waals surface area contributed by atoms with Gasteiger partial charge in [-0.2, -0.15) is 5.10 Å². The second-order valence-corrected chi connectivity index (χ2v) is 8.14. The predicted molar refractivity (Wildman–Crippen MR) is 117 cm³/mol. The normalized spacial score (nSPS) is 16.9. The van der Waals surface area contributed by atoms with E-state index in [1.165, 1.54) is 6.42 Å². The fraction of sp³-hybridized carbons (Fsp3) is 0.478. The molecule has 1 fully saturated rings. The van der Waals surface area contributed by atoms with Crippen molar-refractivity contribution in [2.75, 3.05) is 6.54 Å². The number of carbonyl (C=O) groups excluding carboxylic acids is 1. The van der Waals surface area contributed by atoms with Gasteiger partial charge in [0.25, 0.3) is 5.56 Å². The monoisotopic (exact) mass is 407 g/mol. The van der Waals surface area contributed by atoms with Crippen LogP contribution in [0.3, 0.4) is 0 Å². The molecule has 158 valence electrons. The van der Waals surface area contributed by atoms with Crippen molar-refractivity contribution in [1.82, 2.24) is 24.2 Å². The number of piperidine rings is 1. The second kappa shape index (κ2) is 8.42. The molecule has 0 bridgehead atoms. The Hall–Kier alpha value is -2.96. The molecule has 1 amide bonds. The van der Waals surface area contributed by atoms with E-state index >= 15 is 0 Å². The zero-order chi connectivity index (χ0) is 21.3. The zero-order valence-corrected chi connectivity index (χ0v) is 18.0. The fourth-order valence-electron chi connectivity index (χ4n) is 4.35. The molecule has 1 aliphatic heterocycles. The van der Waals surface area contributed by atoms with Crippen LogP contribution in [0, 0.1) is 13.8 Å². The van der Waals surface area contributed by atoms with Crippen molar-refractivity contribution < 1.29 is 4.79 Å². The number of rotatable bonds is 5. The number of fused-ring (bicyclic) bond motifs is 1. The average Bonchev–Trinajstić information content (AvgIpc) is 3.17. The molecule has 7 heteroatoms. The summed E-state index contributed by atoms with van der Waals surface area (Å²) in [4.78, 5) is 32.6. The lowest BCUT2D eigenvalue weighted by Gasteiger charge is -2.35. The lowest BCUT2D eigenvalue weighted by molar-refractivity contribution is -0.135. The number of amides is 1. The van der Waals surface area contributed by atoms with Crippen molar-refractivity contribution in [1.29, 1.82) is 0 Å². The average molecular weight is 408 g/mol. The first kappa shape index (κ1) is 20.3. The minimum atomic E-state index is -0.144. The Labute approximate surface area is 176 Å². The summed E-state index contributed by atoms with van der Waals surface area (Å²) in [6, 6.07) is 8.27. The minimum Gasteiger partial charge on any atom is -0.340 e. The highest BCUT2D eigenvalue weighted by atomic mass is 16.2. The SMILES string of the molecule is CCC1CCCCN1C(=O)CCn1c(C)nc2c(cnn2-c2ccc(C)cc2)c1=O. The summed E-state index contributed by atoms with van der Waals surface area (Å²) in [6.45, 7) is 7.14. The maximum atomic E-state index is 13.1. The molecule has 1 aromatic carbocycles. The Morgan fingerprint density at radius 1 is 1.17 bits per heavy atom. The van der Waals surface area contributed by atoms with Gasteiger partial charge in [-0.15, -0.1) is 0 Å². The van der Waals surface area contributed by atoms with E-state index in [-0.39, 0.29) is 11.5 Å². The van der Waals surface area contributed by atoms with Gasteiger partial charge in [0.1, 0.15) is 11.2 Å². The molecule has 1 atom stereocenters. The number of likely N-dealkylation sites (tertiary alicyclic amines) is 1. The van der Waals surface area contributed by atoms with E-state index < -0.39 is 0 Å². The lowest BCUT2D eigenvalue weighted by Crippen LogP contribution is -2.44. The van der Waals surface area contributed by atoms with Gasteiger partial charge < -0.3 is 4.90 Å². The molecule has 0 radical (unpaired) electrons. The van der Waals surface area contributed by atoms with Gasteiger partial charge in [-0.05, 0) is 51.7 Å². The highest BCUT2D eigenvalue weighted by molar-refractivity contribution is 5.77. The summed E-state index contributed by atoms with van der Waals surface area (Å²) in [5, 5.41) is 4.86. The van der Waals surface area contributed by atoms with Crippen LogP contribution in [-0.4, -0.2) is 42.7 Å². The van der Waals surface area contributed by atoms with Gasteiger partial charge in [-0.1, -0.05) is 24.6 Å². The van der Waals surface area contributed by atoms with Gasteiger partial charge in [0.2, 0.25) is 5.91 Å². The Morgan fingerprint density at radius 3 is 2.67 bits per heavy atom. The number of nitrogens with zero attached hydrogens (tertiary/aromatic N) is 5. The highest BCUT2D eigenvalue weighted by Gasteiger charge is 2.25. The van der Waals surface area contributed by atoms with Crippen LogP contribution in [-0.2, 0) is 11.3 Å². The van der Waals surface area contributed by atoms with E-state index in [0.717, 1.165) is 37.1 Å². The molecular weight excluding hydrogens is 378 g/mol. The molecule has 3 aromatic rings. The Bertz CT molecular complexity index is 1110. The van der Waals surface area contributed by atoms with Crippen LogP contribution < -0.4 is 5.56 Å². The van der Waals surface area contributed by atoms with E-state index in [1.54, 1.807) is 15.4 Å². The van der Waals surface area contributed by atoms with Crippen LogP contribution in [0.2, 0.25) is 0 Å². The zero-order valence-electron chi connectivity index (χ0n) is 18.0. The first-order valence-electron chi connectivity index (χ1n) is 10.8. The van der Waals surface area contributed by atoms with Crippen LogP contribution >= 0.6 is 0 Å². The van der Waals surface area contributed by atoms with Crippen LogP contribution in [0.5, 0.6) is 0 Å². The number of hydrogen-bond acceptors (Lipinski definition) is 4. The van der Waals surface area contributed by atoms with Crippen molar-refractivity contribution >= 4 is 16.9 Å². The van der Waals surface area contributed by atoms with E-state index in [2.05, 4.69) is 17.0 Å². The van der Waals surface area contributed by atoms with Gasteiger partial charge in [0, 0.05) is 25.6 Å². The molecule has 1 aliphatic rings. The summed E-state index contributed by atoms with van der Waals surface area (Å²) in [5.74, 6) is 0.725. The molecule has 1 unspecified atom stereocenters. The first-order valence-corrected chi connectivity index (χ1v) is 10.8. The van der Waals surface area contributed by atoms with Crippen LogP contribution in [0.1, 0.15) is 50.4 Å². The van der Waals surface area contributed by atoms with Gasteiger partial charge >= 0.3 is 0 Å². The third kappa shape index (κ3) is 3.76. The molecule has 3 heterocycles. The predicted octanol–water partition coefficient (Wildman–Crippen LogP) is 3.38. The third-order valence-corrected chi connectivity index (χ3v) is 6.12. The molecule has 7 nitrogen and oxygen atoms in total. The number of aromatic nitrogens is 4. The molecular formula is C23H29N5O2. The molecule has 0 spiro atoms. The minimum absolute atomic E-state index is 0.128. The number of hydrogen-bond donors (Lipinski definition) is 0. The molecule has 4 rings (SSSR count). The van der Waals surface area contributed by atoms with Crippen LogP contribution in [0.15, 0.2) is 35.3 Å². The largest absolute Gasteiger partial charge is 0.340 e. The summed E-state index contributed by atoms with van der Waals surface area (Å²) >= 11 is 0. The summed E-state index contributed by atoms with van der Waals surface area (Å²) in [6.07, 6.45) is 6.19. The summed E-state index contributed by atoms with van der Waals surface area (Å²) < 4.78 is 3.30. The topological polar surface area (TPSA) is 73.0 Å². The van der Waals surface area contributed by atoms with Crippen LogP contribution in [0.4, 0.5) is 0 Å². The Morgan fingerprint density at radius 2 is 1.93 bits per heavy atom. The summed E-state index contributed by atoms with van der Waals surface area (Å²) in [5.41, 5.74) is 2.43. The second-order valence-electron chi connectivity index (χ2n) is 8.14. The molecule has 0 N–H and O–H groups in total. The van der Waals surface area contributed by atoms with E-state index in [0.29, 0.717) is 35.9 Å². The van der Waals surface area contributed by atoms with Crippen molar-refractivity contribution in [2.24, 2.45) is 0 Å². The molecule has 2 aromatic heterocycles. The van der Waals surface area contributed by atoms with E-state index in [9.17, 15) is 9.59 Å². The van der Waals surface area contributed by atoms with Crippen molar-refractivity contribution in [3.63, 3.8) is 0 Å². The third-order valence-electron chi connectivity index (χ3n) is 6.12. The Kier molecular flexibility index (Phi) is 5.70. The molecule has 0 aliphatic carbocycles. The van der Waals surface area contributed by atoms with Gasteiger partial charge in [0.15, 0.2) is 5.65 Å². The highest BCUT2D eigenvalue weighted by Crippen LogP contribution is 2.21.